The number of carbonyl (C=O) groups is 1. The summed E-state index contributed by atoms with van der Waals surface area (Å²) in [4.78, 5) is 20.1. The number of aromatic nitrogens is 3. The zero-order chi connectivity index (χ0) is 25.7. The Hall–Kier alpha value is -3.50. The molecule has 10 nitrogen and oxygen atoms in total. The Kier molecular flexibility index (Phi) is 8.42. The summed E-state index contributed by atoms with van der Waals surface area (Å²) in [6.45, 7) is 9.79. The molecule has 0 saturated heterocycles. The van der Waals surface area contributed by atoms with E-state index >= 15 is 0 Å². The lowest BCUT2D eigenvalue weighted by molar-refractivity contribution is -0.127. The fourth-order valence-electron chi connectivity index (χ4n) is 3.69. The number of pyridine rings is 1. The molecule has 0 saturated carbocycles. The van der Waals surface area contributed by atoms with Crippen LogP contribution in [0.2, 0.25) is 0 Å². The van der Waals surface area contributed by atoms with E-state index in [1.807, 2.05) is 58.9 Å². The predicted octanol–water partition coefficient (Wildman–Crippen LogP) is 2.77. The molecule has 2 atom stereocenters. The monoisotopic (exact) mass is 483 g/mol. The van der Waals surface area contributed by atoms with E-state index in [4.69, 9.17) is 15.0 Å². The fraction of sp³-hybridized carbons (Fsp3) is 0.440. The van der Waals surface area contributed by atoms with Gasteiger partial charge in [0.1, 0.15) is 24.3 Å². The molecule has 10 heteroatoms. The third kappa shape index (κ3) is 6.77. The molecule has 2 heterocycles. The summed E-state index contributed by atoms with van der Waals surface area (Å²) in [5.41, 5.74) is 9.16. The number of nitrogens with two attached hydrogens (primary N) is 1. The van der Waals surface area contributed by atoms with E-state index in [1.54, 1.807) is 0 Å². The van der Waals surface area contributed by atoms with Crippen LogP contribution in [0.3, 0.4) is 0 Å². The van der Waals surface area contributed by atoms with Gasteiger partial charge in [0, 0.05) is 29.3 Å². The number of hydrogen-bond donors (Lipinski definition) is 4. The molecule has 188 valence electrons. The van der Waals surface area contributed by atoms with E-state index in [0.29, 0.717) is 23.9 Å². The van der Waals surface area contributed by atoms with Crippen molar-refractivity contribution in [1.82, 2.24) is 15.1 Å². The number of aryl methyl sites for hydroxylation is 3. The number of benzene rings is 1. The van der Waals surface area contributed by atoms with Gasteiger partial charge in [-0.2, -0.15) is 4.98 Å². The van der Waals surface area contributed by atoms with Gasteiger partial charge in [-0.15, -0.1) is 0 Å². The summed E-state index contributed by atoms with van der Waals surface area (Å²) >= 11 is 0. The van der Waals surface area contributed by atoms with Crippen molar-refractivity contribution in [2.45, 2.75) is 65.7 Å². The molecule has 1 unspecified atom stereocenters. The molecule has 0 fully saturated rings. The van der Waals surface area contributed by atoms with Gasteiger partial charge in [-0.3, -0.25) is 4.79 Å². The number of aliphatic hydroxyl groups is 2. The van der Waals surface area contributed by atoms with Crippen molar-refractivity contribution < 1.29 is 24.3 Å². The molecule has 3 rings (SSSR count). The van der Waals surface area contributed by atoms with Gasteiger partial charge in [0.05, 0.1) is 6.10 Å². The lowest BCUT2D eigenvalue weighted by Crippen LogP contribution is -2.33. The van der Waals surface area contributed by atoms with Crippen LogP contribution in [0.5, 0.6) is 5.75 Å². The number of nitrogens with one attached hydrogen (secondary N) is 1. The largest absolute Gasteiger partial charge is 0.490 e. The molecule has 1 amide bonds. The molecule has 3 aromatic rings. The third-order valence-electron chi connectivity index (χ3n) is 5.30. The van der Waals surface area contributed by atoms with E-state index in [-0.39, 0.29) is 19.1 Å². The molecule has 5 N–H and O–H groups in total. The maximum Gasteiger partial charge on any atom is 0.258 e. The standard InChI is InChI=1S/C25H33N5O5/c1-6-16-9-17(7-14(4)22(16)34-12-19(31)11-20(32)23(26)33)24-29-25(35-30-24)18-8-15(5)28-21(10-18)27-13(2)3/h7-10,13,19-20,31-32H,6,11-12H2,1-5H3,(H2,26,33)(H,27,28)/t19-,20?/m0/s1. The van der Waals surface area contributed by atoms with Crippen LogP contribution in [0.25, 0.3) is 22.8 Å². The average molecular weight is 484 g/mol. The molecular weight excluding hydrogens is 450 g/mol. The summed E-state index contributed by atoms with van der Waals surface area (Å²) < 4.78 is 11.4. The molecule has 1 aromatic carbocycles. The lowest BCUT2D eigenvalue weighted by atomic mass is 10.0. The Morgan fingerprint density at radius 3 is 2.54 bits per heavy atom. The normalized spacial score (nSPS) is 13.0. The Morgan fingerprint density at radius 1 is 1.14 bits per heavy atom. The smallest absolute Gasteiger partial charge is 0.258 e. The molecule has 0 bridgehead atoms. The molecule has 0 spiro atoms. The highest BCUT2D eigenvalue weighted by atomic mass is 16.5. The predicted molar refractivity (Wildman–Crippen MR) is 132 cm³/mol. The van der Waals surface area contributed by atoms with Crippen LogP contribution >= 0.6 is 0 Å². The Balaban J connectivity index is 1.81. The number of amides is 1. The highest BCUT2D eigenvalue weighted by molar-refractivity contribution is 5.78. The maximum absolute atomic E-state index is 11.0. The number of carbonyl (C=O) groups excluding carboxylic acids is 1. The van der Waals surface area contributed by atoms with E-state index in [1.165, 1.54) is 0 Å². The minimum absolute atomic E-state index is 0.0853. The average Bonchev–Trinajstić information content (AvgIpc) is 3.27. The maximum atomic E-state index is 11.0. The SMILES string of the molecule is CCc1cc(-c2noc(-c3cc(C)nc(NC(C)C)c3)n2)cc(C)c1OC[C@@H](O)CC(O)C(N)=O. The molecule has 35 heavy (non-hydrogen) atoms. The van der Waals surface area contributed by atoms with Gasteiger partial charge in [-0.25, -0.2) is 4.98 Å². The van der Waals surface area contributed by atoms with Crippen molar-refractivity contribution in [2.24, 2.45) is 5.73 Å². The summed E-state index contributed by atoms with van der Waals surface area (Å²) in [5.74, 6) is 1.33. The number of nitrogens with zero attached hydrogens (tertiary/aromatic N) is 3. The van der Waals surface area contributed by atoms with E-state index in [0.717, 1.165) is 33.8 Å². The van der Waals surface area contributed by atoms with Gasteiger partial charge in [0.25, 0.3) is 5.89 Å². The number of primary amides is 1. The van der Waals surface area contributed by atoms with Crippen molar-refractivity contribution in [3.63, 3.8) is 0 Å². The summed E-state index contributed by atoms with van der Waals surface area (Å²) in [5, 5.41) is 27.1. The van der Waals surface area contributed by atoms with Gasteiger partial charge < -0.3 is 30.5 Å². The van der Waals surface area contributed by atoms with Crippen molar-refractivity contribution >= 4 is 11.7 Å². The van der Waals surface area contributed by atoms with E-state index in [2.05, 4.69) is 20.4 Å². The number of rotatable bonds is 11. The van der Waals surface area contributed by atoms with Gasteiger partial charge in [0.15, 0.2) is 0 Å². The van der Waals surface area contributed by atoms with Gasteiger partial charge in [-0.05, 0) is 69.5 Å². The highest BCUT2D eigenvalue weighted by Gasteiger charge is 2.19. The lowest BCUT2D eigenvalue weighted by Gasteiger charge is -2.18. The van der Waals surface area contributed by atoms with Gasteiger partial charge in [0.2, 0.25) is 11.7 Å². The molecular formula is C25H33N5O5. The summed E-state index contributed by atoms with van der Waals surface area (Å²) in [6.07, 6.45) is -1.98. The van der Waals surface area contributed by atoms with Crippen LogP contribution in [0.1, 0.15) is 44.0 Å². The van der Waals surface area contributed by atoms with Crippen LogP contribution in [-0.4, -0.2) is 56.1 Å². The Bertz CT molecular complexity index is 1180. The first-order valence-corrected chi connectivity index (χ1v) is 11.6. The minimum atomic E-state index is -1.42. The molecule has 0 aliphatic rings. The van der Waals surface area contributed by atoms with Gasteiger partial charge in [-0.1, -0.05) is 12.1 Å². The van der Waals surface area contributed by atoms with Crippen molar-refractivity contribution in [3.8, 4) is 28.6 Å². The number of hydrogen-bond acceptors (Lipinski definition) is 9. The van der Waals surface area contributed by atoms with Crippen molar-refractivity contribution in [3.05, 3.63) is 41.1 Å². The second kappa shape index (κ2) is 11.3. The fourth-order valence-corrected chi connectivity index (χ4v) is 3.69. The molecule has 2 aromatic heterocycles. The second-order valence-corrected chi connectivity index (χ2v) is 8.86. The number of aliphatic hydroxyl groups excluding tert-OH is 2. The van der Waals surface area contributed by atoms with Crippen LogP contribution in [-0.2, 0) is 11.2 Å². The van der Waals surface area contributed by atoms with Crippen molar-refractivity contribution in [2.75, 3.05) is 11.9 Å². The van der Waals surface area contributed by atoms with E-state index in [9.17, 15) is 15.0 Å². The Morgan fingerprint density at radius 2 is 1.89 bits per heavy atom. The first kappa shape index (κ1) is 26.1. The van der Waals surface area contributed by atoms with Crippen LogP contribution in [0.15, 0.2) is 28.8 Å². The van der Waals surface area contributed by atoms with Crippen LogP contribution < -0.4 is 15.8 Å². The zero-order valence-electron chi connectivity index (χ0n) is 20.7. The first-order valence-electron chi connectivity index (χ1n) is 11.6. The zero-order valence-corrected chi connectivity index (χ0v) is 20.7. The topological polar surface area (TPSA) is 157 Å². The number of ether oxygens (including phenoxy) is 1. The van der Waals surface area contributed by atoms with Crippen LogP contribution in [0, 0.1) is 13.8 Å². The summed E-state index contributed by atoms with van der Waals surface area (Å²) in [6, 6.07) is 7.82. The summed E-state index contributed by atoms with van der Waals surface area (Å²) in [7, 11) is 0. The van der Waals surface area contributed by atoms with Crippen LogP contribution in [0.4, 0.5) is 5.82 Å². The second-order valence-electron chi connectivity index (χ2n) is 8.86. The highest BCUT2D eigenvalue weighted by Crippen LogP contribution is 2.31. The Labute approximate surface area is 204 Å². The molecule has 0 aliphatic carbocycles. The quantitative estimate of drug-likeness (QED) is 0.322. The van der Waals surface area contributed by atoms with Gasteiger partial charge >= 0.3 is 0 Å². The minimum Gasteiger partial charge on any atom is -0.490 e. The van der Waals surface area contributed by atoms with E-state index < -0.39 is 18.1 Å². The molecule has 0 aliphatic heterocycles. The van der Waals surface area contributed by atoms with Crippen molar-refractivity contribution in [1.29, 1.82) is 0 Å². The molecule has 0 radical (unpaired) electrons. The third-order valence-corrected chi connectivity index (χ3v) is 5.30. The first-order chi connectivity index (χ1) is 16.6. The number of anilines is 1.